The molecule has 1 heterocycles. The Morgan fingerprint density at radius 2 is 1.94 bits per heavy atom. The molecule has 1 rings (SSSR count). The van der Waals surface area contributed by atoms with Gasteiger partial charge in [-0.3, -0.25) is 9.59 Å². The number of likely N-dealkylation sites (tertiary alicyclic amines) is 1. The van der Waals surface area contributed by atoms with Crippen molar-refractivity contribution in [2.24, 2.45) is 11.3 Å². The summed E-state index contributed by atoms with van der Waals surface area (Å²) in [5.41, 5.74) is -0.0435. The minimum absolute atomic E-state index is 0.0435. The molecule has 0 radical (unpaired) electrons. The maximum atomic E-state index is 12.0. The largest absolute Gasteiger partial charge is 0.481 e. The third-order valence-corrected chi connectivity index (χ3v) is 3.07. The summed E-state index contributed by atoms with van der Waals surface area (Å²) >= 11 is 0. The lowest BCUT2D eigenvalue weighted by molar-refractivity contribution is -0.143. The van der Waals surface area contributed by atoms with E-state index in [1.807, 2.05) is 27.7 Å². The van der Waals surface area contributed by atoms with Gasteiger partial charge in [-0.2, -0.15) is 0 Å². The molecule has 1 amide bonds. The number of carbonyl (C=O) groups is 2. The van der Waals surface area contributed by atoms with E-state index in [2.05, 4.69) is 0 Å². The summed E-state index contributed by atoms with van der Waals surface area (Å²) in [6.45, 7) is 8.44. The quantitative estimate of drug-likeness (QED) is 0.781. The van der Waals surface area contributed by atoms with Crippen LogP contribution in [0.5, 0.6) is 0 Å². The maximum absolute atomic E-state index is 12.0. The molecular weight excluding hydrogens is 206 g/mol. The Kier molecular flexibility index (Phi) is 3.61. The van der Waals surface area contributed by atoms with Crippen LogP contribution in [0.3, 0.4) is 0 Å². The van der Waals surface area contributed by atoms with Gasteiger partial charge in [0.25, 0.3) is 0 Å². The smallest absolute Gasteiger partial charge is 0.308 e. The molecule has 0 aliphatic carbocycles. The fourth-order valence-corrected chi connectivity index (χ4v) is 2.18. The lowest BCUT2D eigenvalue weighted by atomic mass is 9.91. The van der Waals surface area contributed by atoms with Crippen LogP contribution >= 0.6 is 0 Å². The number of nitrogens with zero attached hydrogens (tertiary/aromatic N) is 1. The Hall–Kier alpha value is -1.06. The molecule has 4 heteroatoms. The number of hydrogen-bond acceptors (Lipinski definition) is 2. The molecule has 1 aliphatic rings. The van der Waals surface area contributed by atoms with Crippen molar-refractivity contribution in [1.29, 1.82) is 0 Å². The second kappa shape index (κ2) is 4.44. The van der Waals surface area contributed by atoms with Gasteiger partial charge in [-0.05, 0) is 18.8 Å². The molecule has 0 spiro atoms. The molecule has 1 saturated heterocycles. The van der Waals surface area contributed by atoms with Crippen molar-refractivity contribution in [2.75, 3.05) is 6.54 Å². The van der Waals surface area contributed by atoms with Crippen molar-refractivity contribution in [3.63, 3.8) is 0 Å². The highest BCUT2D eigenvalue weighted by Crippen LogP contribution is 2.28. The van der Waals surface area contributed by atoms with E-state index < -0.39 is 11.9 Å². The van der Waals surface area contributed by atoms with E-state index in [4.69, 9.17) is 5.11 Å². The Bertz CT molecular complexity index is 293. The van der Waals surface area contributed by atoms with Gasteiger partial charge in [0, 0.05) is 19.0 Å². The van der Waals surface area contributed by atoms with Crippen LogP contribution in [0.15, 0.2) is 0 Å². The van der Waals surface area contributed by atoms with Crippen LogP contribution in [0, 0.1) is 11.3 Å². The third kappa shape index (κ3) is 2.97. The first kappa shape index (κ1) is 13.0. The normalized spacial score (nSPS) is 25.9. The maximum Gasteiger partial charge on any atom is 0.308 e. The number of rotatable bonds is 2. The van der Waals surface area contributed by atoms with Gasteiger partial charge in [0.15, 0.2) is 0 Å². The zero-order chi connectivity index (χ0) is 12.5. The first-order valence-electron chi connectivity index (χ1n) is 5.74. The number of aliphatic carboxylic acids is 1. The fraction of sp³-hybridized carbons (Fsp3) is 0.833. The van der Waals surface area contributed by atoms with Gasteiger partial charge in [0.1, 0.15) is 0 Å². The highest BCUT2D eigenvalue weighted by molar-refractivity contribution is 5.79. The summed E-state index contributed by atoms with van der Waals surface area (Å²) in [6.07, 6.45) is 1.05. The first-order chi connectivity index (χ1) is 7.22. The summed E-state index contributed by atoms with van der Waals surface area (Å²) in [7, 11) is 0. The van der Waals surface area contributed by atoms with E-state index in [0.29, 0.717) is 19.4 Å². The van der Waals surface area contributed by atoms with E-state index in [0.717, 1.165) is 0 Å². The van der Waals surface area contributed by atoms with E-state index >= 15 is 0 Å². The van der Waals surface area contributed by atoms with Crippen LogP contribution in [0.4, 0.5) is 0 Å². The summed E-state index contributed by atoms with van der Waals surface area (Å²) < 4.78 is 0. The van der Waals surface area contributed by atoms with Crippen LogP contribution in [0.2, 0.25) is 0 Å². The predicted molar refractivity (Wildman–Crippen MR) is 61.0 cm³/mol. The molecule has 2 unspecified atom stereocenters. The van der Waals surface area contributed by atoms with Crippen LogP contribution in [0.25, 0.3) is 0 Å². The minimum Gasteiger partial charge on any atom is -0.481 e. The van der Waals surface area contributed by atoms with Gasteiger partial charge in [-0.25, -0.2) is 0 Å². The molecule has 1 fully saturated rings. The molecule has 16 heavy (non-hydrogen) atoms. The Labute approximate surface area is 96.6 Å². The van der Waals surface area contributed by atoms with Gasteiger partial charge >= 0.3 is 5.97 Å². The van der Waals surface area contributed by atoms with Gasteiger partial charge in [0.05, 0.1) is 5.92 Å². The third-order valence-electron chi connectivity index (χ3n) is 3.07. The molecule has 0 aromatic carbocycles. The van der Waals surface area contributed by atoms with Crippen molar-refractivity contribution < 1.29 is 14.7 Å². The zero-order valence-electron chi connectivity index (χ0n) is 10.5. The average molecular weight is 227 g/mol. The average Bonchev–Trinajstić information content (AvgIpc) is 2.43. The molecule has 4 nitrogen and oxygen atoms in total. The molecular formula is C12H21NO3. The molecule has 1 aliphatic heterocycles. The molecule has 2 atom stereocenters. The van der Waals surface area contributed by atoms with Gasteiger partial charge in [-0.1, -0.05) is 20.8 Å². The molecule has 92 valence electrons. The lowest BCUT2D eigenvalue weighted by Gasteiger charge is -2.27. The van der Waals surface area contributed by atoms with E-state index in [1.54, 1.807) is 4.90 Å². The van der Waals surface area contributed by atoms with Crippen molar-refractivity contribution in [3.8, 4) is 0 Å². The second-order valence-electron chi connectivity index (χ2n) is 5.80. The van der Waals surface area contributed by atoms with E-state index in [9.17, 15) is 9.59 Å². The van der Waals surface area contributed by atoms with Gasteiger partial charge < -0.3 is 10.0 Å². The monoisotopic (exact) mass is 227 g/mol. The molecule has 1 N–H and O–H groups in total. The van der Waals surface area contributed by atoms with Crippen molar-refractivity contribution in [1.82, 2.24) is 4.90 Å². The minimum atomic E-state index is -0.793. The van der Waals surface area contributed by atoms with Crippen LogP contribution in [-0.4, -0.2) is 34.5 Å². The number of amides is 1. The fourth-order valence-electron chi connectivity index (χ4n) is 2.18. The predicted octanol–water partition coefficient (Wildman–Crippen LogP) is 1.74. The summed E-state index contributed by atoms with van der Waals surface area (Å²) in [5, 5.41) is 8.98. The van der Waals surface area contributed by atoms with Crippen LogP contribution < -0.4 is 0 Å². The molecule has 0 saturated carbocycles. The van der Waals surface area contributed by atoms with Crippen molar-refractivity contribution in [2.45, 2.75) is 46.6 Å². The second-order valence-corrected chi connectivity index (χ2v) is 5.80. The highest BCUT2D eigenvalue weighted by Gasteiger charge is 2.38. The molecule has 0 bridgehead atoms. The Morgan fingerprint density at radius 3 is 2.31 bits per heavy atom. The number of carboxylic acids is 1. The SMILES string of the molecule is CC1C(C(=O)O)CCN1C(=O)CC(C)(C)C. The number of carboxylic acid groups (broad SMARTS) is 1. The Balaban J connectivity index is 2.63. The zero-order valence-corrected chi connectivity index (χ0v) is 10.5. The van der Waals surface area contributed by atoms with E-state index in [1.165, 1.54) is 0 Å². The van der Waals surface area contributed by atoms with Gasteiger partial charge in [-0.15, -0.1) is 0 Å². The van der Waals surface area contributed by atoms with Crippen molar-refractivity contribution in [3.05, 3.63) is 0 Å². The topological polar surface area (TPSA) is 57.6 Å². The van der Waals surface area contributed by atoms with Crippen LogP contribution in [0.1, 0.15) is 40.5 Å². The van der Waals surface area contributed by atoms with E-state index in [-0.39, 0.29) is 17.4 Å². The highest BCUT2D eigenvalue weighted by atomic mass is 16.4. The summed E-state index contributed by atoms with van der Waals surface area (Å²) in [4.78, 5) is 24.6. The Morgan fingerprint density at radius 1 is 1.38 bits per heavy atom. The first-order valence-corrected chi connectivity index (χ1v) is 5.74. The number of carbonyl (C=O) groups excluding carboxylic acids is 1. The molecule has 0 aromatic rings. The van der Waals surface area contributed by atoms with Crippen LogP contribution in [-0.2, 0) is 9.59 Å². The summed E-state index contributed by atoms with van der Waals surface area (Å²) in [5.74, 6) is -1.12. The number of hydrogen-bond donors (Lipinski definition) is 1. The van der Waals surface area contributed by atoms with Gasteiger partial charge in [0.2, 0.25) is 5.91 Å². The standard InChI is InChI=1S/C12H21NO3/c1-8-9(11(15)16)5-6-13(8)10(14)7-12(2,3)4/h8-9H,5-7H2,1-4H3,(H,15,16). The van der Waals surface area contributed by atoms with Crippen molar-refractivity contribution >= 4 is 11.9 Å². The molecule has 0 aromatic heterocycles. The lowest BCUT2D eigenvalue weighted by Crippen LogP contribution is -2.39. The summed E-state index contributed by atoms with van der Waals surface area (Å²) in [6, 6.07) is -0.174.